The van der Waals surface area contributed by atoms with Crippen molar-refractivity contribution in [2.24, 2.45) is 0 Å². The number of halogens is 2. The fourth-order valence-electron chi connectivity index (χ4n) is 2.81. The number of carboxylic acids is 1. The summed E-state index contributed by atoms with van der Waals surface area (Å²) in [5.41, 5.74) is 0.454. The van der Waals surface area contributed by atoms with Crippen LogP contribution in [0.2, 0.25) is 0 Å². The van der Waals surface area contributed by atoms with Gasteiger partial charge >= 0.3 is 5.97 Å². The lowest BCUT2D eigenvalue weighted by Crippen LogP contribution is -2.34. The Hall–Kier alpha value is -1.10. The van der Waals surface area contributed by atoms with E-state index in [1.54, 1.807) is 6.07 Å². The van der Waals surface area contributed by atoms with Crippen LogP contribution in [0.1, 0.15) is 43.5 Å². The maximum absolute atomic E-state index is 14.4. The van der Waals surface area contributed by atoms with E-state index in [4.69, 9.17) is 5.11 Å². The lowest BCUT2D eigenvalue weighted by atomic mass is 10.1. The van der Waals surface area contributed by atoms with E-state index >= 15 is 0 Å². The molecule has 0 spiro atoms. The van der Waals surface area contributed by atoms with Crippen LogP contribution in [0, 0.1) is 5.82 Å². The molecule has 1 aromatic carbocycles. The summed E-state index contributed by atoms with van der Waals surface area (Å²) in [6.07, 6.45) is 3.05. The molecular formula is C14H17BrFNO2. The van der Waals surface area contributed by atoms with Gasteiger partial charge in [0.1, 0.15) is 0 Å². The van der Waals surface area contributed by atoms with Crippen LogP contribution in [0.15, 0.2) is 16.6 Å². The Labute approximate surface area is 120 Å². The zero-order valence-electron chi connectivity index (χ0n) is 11.0. The molecule has 0 bridgehead atoms. The Balaban J connectivity index is 2.46. The van der Waals surface area contributed by atoms with E-state index in [1.807, 2.05) is 0 Å². The molecule has 2 atom stereocenters. The summed E-state index contributed by atoms with van der Waals surface area (Å²) in [5, 5.41) is 8.99. The van der Waals surface area contributed by atoms with Gasteiger partial charge in [-0.15, -0.1) is 0 Å². The van der Waals surface area contributed by atoms with Crippen molar-refractivity contribution in [1.29, 1.82) is 0 Å². The fraction of sp³-hybridized carbons (Fsp3) is 0.500. The van der Waals surface area contributed by atoms with Crippen molar-refractivity contribution in [3.8, 4) is 0 Å². The van der Waals surface area contributed by atoms with Crippen molar-refractivity contribution in [3.05, 3.63) is 28.0 Å². The van der Waals surface area contributed by atoms with Gasteiger partial charge in [0.2, 0.25) is 0 Å². The molecule has 1 aliphatic heterocycles. The molecule has 1 fully saturated rings. The third-order valence-corrected chi connectivity index (χ3v) is 4.60. The summed E-state index contributed by atoms with van der Waals surface area (Å²) >= 11 is 3.06. The molecule has 5 heteroatoms. The standard InChI is InChI=1S/C14H17BrFNO2/c1-3-9-5-4-8(2)17(9)11-7-6-10(14(18)19)12(15)13(11)16/h6-9H,3-5H2,1-2H3,(H,18,19). The monoisotopic (exact) mass is 329 g/mol. The van der Waals surface area contributed by atoms with E-state index in [1.165, 1.54) is 6.07 Å². The zero-order chi connectivity index (χ0) is 14.2. The molecule has 0 saturated carbocycles. The van der Waals surface area contributed by atoms with E-state index in [-0.39, 0.29) is 16.1 Å². The van der Waals surface area contributed by atoms with Crippen molar-refractivity contribution in [2.45, 2.75) is 45.2 Å². The smallest absolute Gasteiger partial charge is 0.336 e. The molecule has 19 heavy (non-hydrogen) atoms. The number of hydrogen-bond donors (Lipinski definition) is 1. The summed E-state index contributed by atoms with van der Waals surface area (Å²) in [7, 11) is 0. The normalized spacial score (nSPS) is 22.8. The van der Waals surface area contributed by atoms with Gasteiger partial charge in [0.15, 0.2) is 5.82 Å². The number of carboxylic acid groups (broad SMARTS) is 1. The number of carbonyl (C=O) groups is 1. The number of anilines is 1. The average Bonchev–Trinajstić information content (AvgIpc) is 2.73. The van der Waals surface area contributed by atoms with Gasteiger partial charge in [0, 0.05) is 12.1 Å². The molecule has 0 aromatic heterocycles. The minimum atomic E-state index is -1.13. The molecule has 1 saturated heterocycles. The first-order chi connectivity index (χ1) is 8.97. The minimum absolute atomic E-state index is 0.0338. The summed E-state index contributed by atoms with van der Waals surface area (Å²) in [5.74, 6) is -1.61. The highest BCUT2D eigenvalue weighted by molar-refractivity contribution is 9.10. The number of aromatic carboxylic acids is 1. The first-order valence-corrected chi connectivity index (χ1v) is 7.26. The molecular weight excluding hydrogens is 313 g/mol. The van der Waals surface area contributed by atoms with E-state index in [0.717, 1.165) is 19.3 Å². The van der Waals surface area contributed by atoms with Crippen LogP contribution < -0.4 is 4.90 Å². The van der Waals surface area contributed by atoms with Gasteiger partial charge in [-0.1, -0.05) is 6.92 Å². The predicted octanol–water partition coefficient (Wildman–Crippen LogP) is 4.05. The Morgan fingerprint density at radius 3 is 2.79 bits per heavy atom. The Morgan fingerprint density at radius 2 is 2.21 bits per heavy atom. The molecule has 0 amide bonds. The number of rotatable bonds is 3. The molecule has 1 N–H and O–H groups in total. The van der Waals surface area contributed by atoms with Crippen molar-refractivity contribution < 1.29 is 14.3 Å². The highest BCUT2D eigenvalue weighted by Crippen LogP contribution is 2.37. The van der Waals surface area contributed by atoms with E-state index < -0.39 is 11.8 Å². The van der Waals surface area contributed by atoms with Gasteiger partial charge < -0.3 is 10.0 Å². The van der Waals surface area contributed by atoms with E-state index in [9.17, 15) is 9.18 Å². The maximum Gasteiger partial charge on any atom is 0.336 e. The van der Waals surface area contributed by atoms with Crippen LogP contribution in [0.5, 0.6) is 0 Å². The quantitative estimate of drug-likeness (QED) is 0.909. The zero-order valence-corrected chi connectivity index (χ0v) is 12.6. The fourth-order valence-corrected chi connectivity index (χ4v) is 3.32. The predicted molar refractivity (Wildman–Crippen MR) is 76.3 cm³/mol. The number of benzene rings is 1. The lowest BCUT2D eigenvalue weighted by Gasteiger charge is -2.31. The molecule has 1 heterocycles. The van der Waals surface area contributed by atoms with Gasteiger partial charge in [-0.2, -0.15) is 0 Å². The SMILES string of the molecule is CCC1CCC(C)N1c1ccc(C(=O)O)c(Br)c1F. The minimum Gasteiger partial charge on any atom is -0.478 e. The van der Waals surface area contributed by atoms with Crippen molar-refractivity contribution >= 4 is 27.6 Å². The molecule has 3 nitrogen and oxygen atoms in total. The Kier molecular flexibility index (Phi) is 4.13. The Morgan fingerprint density at radius 1 is 1.53 bits per heavy atom. The van der Waals surface area contributed by atoms with E-state index in [2.05, 4.69) is 34.7 Å². The van der Waals surface area contributed by atoms with Crippen molar-refractivity contribution in [1.82, 2.24) is 0 Å². The van der Waals surface area contributed by atoms with Crippen LogP contribution in [-0.2, 0) is 0 Å². The largest absolute Gasteiger partial charge is 0.478 e. The molecule has 0 aliphatic carbocycles. The summed E-state index contributed by atoms with van der Waals surface area (Å²) < 4.78 is 14.4. The van der Waals surface area contributed by atoms with Gasteiger partial charge in [0.25, 0.3) is 0 Å². The summed E-state index contributed by atoms with van der Waals surface area (Å²) in [4.78, 5) is 13.1. The van der Waals surface area contributed by atoms with Gasteiger partial charge in [-0.25, -0.2) is 9.18 Å². The van der Waals surface area contributed by atoms with E-state index in [0.29, 0.717) is 11.7 Å². The lowest BCUT2D eigenvalue weighted by molar-refractivity contribution is 0.0695. The van der Waals surface area contributed by atoms with Crippen LogP contribution in [0.3, 0.4) is 0 Å². The third kappa shape index (κ3) is 2.48. The molecule has 2 rings (SSSR count). The molecule has 0 radical (unpaired) electrons. The topological polar surface area (TPSA) is 40.5 Å². The number of nitrogens with zero attached hydrogens (tertiary/aromatic N) is 1. The van der Waals surface area contributed by atoms with Crippen molar-refractivity contribution in [3.63, 3.8) is 0 Å². The Bertz CT molecular complexity index is 506. The third-order valence-electron chi connectivity index (χ3n) is 3.83. The average molecular weight is 330 g/mol. The molecule has 2 unspecified atom stereocenters. The van der Waals surface area contributed by atoms with Crippen LogP contribution in [0.4, 0.5) is 10.1 Å². The summed E-state index contributed by atoms with van der Waals surface area (Å²) in [6, 6.07) is 3.64. The summed E-state index contributed by atoms with van der Waals surface area (Å²) in [6.45, 7) is 4.17. The maximum atomic E-state index is 14.4. The first kappa shape index (κ1) is 14.3. The van der Waals surface area contributed by atoms with Gasteiger partial charge in [-0.3, -0.25) is 0 Å². The second kappa shape index (κ2) is 5.49. The second-order valence-electron chi connectivity index (χ2n) is 4.96. The molecule has 1 aliphatic rings. The second-order valence-corrected chi connectivity index (χ2v) is 5.75. The highest BCUT2D eigenvalue weighted by Gasteiger charge is 2.32. The van der Waals surface area contributed by atoms with Gasteiger partial charge in [-0.05, 0) is 54.2 Å². The van der Waals surface area contributed by atoms with Gasteiger partial charge in [0.05, 0.1) is 15.7 Å². The van der Waals surface area contributed by atoms with Crippen LogP contribution in [0.25, 0.3) is 0 Å². The van der Waals surface area contributed by atoms with Crippen molar-refractivity contribution in [2.75, 3.05) is 4.90 Å². The van der Waals surface area contributed by atoms with Crippen LogP contribution in [-0.4, -0.2) is 23.2 Å². The first-order valence-electron chi connectivity index (χ1n) is 6.47. The van der Waals surface area contributed by atoms with Crippen LogP contribution >= 0.6 is 15.9 Å². The highest BCUT2D eigenvalue weighted by atomic mass is 79.9. The number of hydrogen-bond acceptors (Lipinski definition) is 2. The molecule has 1 aromatic rings. The molecule has 104 valence electrons.